The zero-order chi connectivity index (χ0) is 20.4. The van der Waals surface area contributed by atoms with Gasteiger partial charge in [0, 0.05) is 5.56 Å². The molecule has 2 aromatic carbocycles. The zero-order valence-corrected chi connectivity index (χ0v) is 17.6. The van der Waals surface area contributed by atoms with Gasteiger partial charge in [0.15, 0.2) is 15.8 Å². The Kier molecular flexibility index (Phi) is 5.91. The van der Waals surface area contributed by atoms with Gasteiger partial charge in [0.2, 0.25) is 0 Å². The minimum absolute atomic E-state index is 0.0854. The average molecular weight is 412 g/mol. The van der Waals surface area contributed by atoms with Crippen LogP contribution < -0.4 is 9.64 Å². The van der Waals surface area contributed by atoms with E-state index >= 15 is 0 Å². The first-order valence-corrected chi connectivity index (χ1v) is 9.94. The molecule has 144 valence electrons. The minimum atomic E-state index is -0.157. The van der Waals surface area contributed by atoms with Crippen molar-refractivity contribution < 1.29 is 14.6 Å². The average Bonchev–Trinajstić information content (AvgIpc) is 2.93. The molecule has 1 aliphatic rings. The number of phenolic OH excluding ortho intramolecular Hbond substituents is 1. The van der Waals surface area contributed by atoms with E-state index in [1.807, 2.05) is 38.1 Å². The van der Waals surface area contributed by atoms with Gasteiger partial charge in [0.05, 0.1) is 17.7 Å². The molecule has 1 fully saturated rings. The van der Waals surface area contributed by atoms with Crippen LogP contribution in [0.4, 0.5) is 5.69 Å². The highest BCUT2D eigenvalue weighted by Crippen LogP contribution is 2.38. The van der Waals surface area contributed by atoms with Crippen molar-refractivity contribution in [2.45, 2.75) is 20.3 Å². The van der Waals surface area contributed by atoms with Crippen LogP contribution in [0.1, 0.15) is 22.3 Å². The third-order valence-electron chi connectivity index (χ3n) is 4.60. The summed E-state index contributed by atoms with van der Waals surface area (Å²) in [6, 6.07) is 9.38. The molecule has 0 atom stereocenters. The van der Waals surface area contributed by atoms with Crippen LogP contribution in [0, 0.1) is 13.8 Å². The number of hydrogen-bond donors (Lipinski definition) is 1. The Morgan fingerprint density at radius 3 is 2.64 bits per heavy atom. The van der Waals surface area contributed by atoms with E-state index < -0.39 is 0 Å². The van der Waals surface area contributed by atoms with Gasteiger partial charge < -0.3 is 9.84 Å². The molecule has 1 saturated heterocycles. The van der Waals surface area contributed by atoms with Gasteiger partial charge in [-0.15, -0.1) is 6.58 Å². The lowest BCUT2D eigenvalue weighted by Gasteiger charge is -2.16. The van der Waals surface area contributed by atoms with Gasteiger partial charge in [0.25, 0.3) is 5.91 Å². The van der Waals surface area contributed by atoms with E-state index in [2.05, 4.69) is 6.58 Å². The molecule has 0 radical (unpaired) electrons. The van der Waals surface area contributed by atoms with Gasteiger partial charge in [-0.1, -0.05) is 36.1 Å². The number of thioether (sulfide) groups is 1. The summed E-state index contributed by atoms with van der Waals surface area (Å²) in [6.45, 7) is 7.76. The number of allylic oxidation sites excluding steroid dienone is 1. The Labute approximate surface area is 174 Å². The van der Waals surface area contributed by atoms with Crippen LogP contribution in [0.15, 0.2) is 47.9 Å². The Bertz CT molecular complexity index is 1010. The molecule has 2 aromatic rings. The Morgan fingerprint density at radius 2 is 2.00 bits per heavy atom. The molecular weight excluding hydrogens is 390 g/mol. The molecular formula is C22H21NO3S2. The molecule has 0 aliphatic carbocycles. The molecule has 28 heavy (non-hydrogen) atoms. The van der Waals surface area contributed by atoms with Gasteiger partial charge in [-0.3, -0.25) is 9.69 Å². The van der Waals surface area contributed by atoms with Crippen molar-refractivity contribution in [3.63, 3.8) is 0 Å². The minimum Gasteiger partial charge on any atom is -0.504 e. The Balaban J connectivity index is 1.98. The fraction of sp³-hybridized carbons (Fsp3) is 0.182. The van der Waals surface area contributed by atoms with Gasteiger partial charge in [-0.2, -0.15) is 0 Å². The number of carbonyl (C=O) groups excluding carboxylic acids is 1. The van der Waals surface area contributed by atoms with Crippen molar-refractivity contribution in [2.24, 2.45) is 0 Å². The van der Waals surface area contributed by atoms with Crippen molar-refractivity contribution in [2.75, 3.05) is 12.0 Å². The number of nitrogens with zero attached hydrogens (tertiary/aromatic N) is 1. The Morgan fingerprint density at radius 1 is 1.25 bits per heavy atom. The molecule has 1 amide bonds. The van der Waals surface area contributed by atoms with E-state index in [1.54, 1.807) is 23.1 Å². The van der Waals surface area contributed by atoms with Crippen LogP contribution in [0.2, 0.25) is 0 Å². The second-order valence-electron chi connectivity index (χ2n) is 6.51. The number of carbonyl (C=O) groups is 1. The molecule has 0 bridgehead atoms. The molecule has 6 heteroatoms. The lowest BCUT2D eigenvalue weighted by Crippen LogP contribution is -2.27. The SMILES string of the molecule is C=CCc1cc(/C=C2\SC(=S)N(c3ccc(C)c(C)c3)C2=O)cc(OC)c1O. The predicted octanol–water partition coefficient (Wildman–Crippen LogP) is 5.15. The maximum absolute atomic E-state index is 13.0. The molecule has 0 unspecified atom stereocenters. The number of hydrogen-bond acceptors (Lipinski definition) is 5. The van der Waals surface area contributed by atoms with Gasteiger partial charge in [0.1, 0.15) is 0 Å². The summed E-state index contributed by atoms with van der Waals surface area (Å²) < 4.78 is 5.76. The molecule has 4 nitrogen and oxygen atoms in total. The van der Waals surface area contributed by atoms with E-state index in [0.29, 0.717) is 27.0 Å². The van der Waals surface area contributed by atoms with Gasteiger partial charge in [-0.25, -0.2) is 0 Å². The molecule has 3 rings (SSSR count). The van der Waals surface area contributed by atoms with Gasteiger partial charge in [-0.05, 0) is 67.3 Å². The van der Waals surface area contributed by atoms with E-state index in [9.17, 15) is 9.90 Å². The number of anilines is 1. The fourth-order valence-corrected chi connectivity index (χ4v) is 4.24. The Hall–Kier alpha value is -2.57. The topological polar surface area (TPSA) is 49.8 Å². The molecule has 0 aromatic heterocycles. The van der Waals surface area contributed by atoms with Crippen LogP contribution in [0.25, 0.3) is 6.08 Å². The van der Waals surface area contributed by atoms with Crippen LogP contribution in [-0.4, -0.2) is 22.4 Å². The number of benzene rings is 2. The van der Waals surface area contributed by atoms with E-state index in [-0.39, 0.29) is 11.7 Å². The number of thiocarbonyl (C=S) groups is 1. The maximum Gasteiger partial charge on any atom is 0.270 e. The molecule has 0 saturated carbocycles. The fourth-order valence-electron chi connectivity index (χ4n) is 2.95. The van der Waals surface area contributed by atoms with Crippen LogP contribution in [-0.2, 0) is 11.2 Å². The summed E-state index contributed by atoms with van der Waals surface area (Å²) in [4.78, 5) is 15.1. The lowest BCUT2D eigenvalue weighted by molar-refractivity contribution is -0.113. The highest BCUT2D eigenvalue weighted by molar-refractivity contribution is 8.27. The highest BCUT2D eigenvalue weighted by atomic mass is 32.2. The van der Waals surface area contributed by atoms with Crippen molar-refractivity contribution in [1.29, 1.82) is 0 Å². The summed E-state index contributed by atoms with van der Waals surface area (Å²) in [5, 5.41) is 10.2. The quantitative estimate of drug-likeness (QED) is 0.419. The number of phenols is 1. The number of aryl methyl sites for hydroxylation is 2. The van der Waals surface area contributed by atoms with Crippen LogP contribution >= 0.6 is 24.0 Å². The lowest BCUT2D eigenvalue weighted by atomic mass is 10.0. The largest absolute Gasteiger partial charge is 0.504 e. The maximum atomic E-state index is 13.0. The number of amides is 1. The van der Waals surface area contributed by atoms with E-state index in [4.69, 9.17) is 17.0 Å². The van der Waals surface area contributed by atoms with Gasteiger partial charge >= 0.3 is 0 Å². The summed E-state index contributed by atoms with van der Waals surface area (Å²) in [5.74, 6) is 0.285. The molecule has 0 spiro atoms. The molecule has 1 heterocycles. The number of ether oxygens (including phenoxy) is 1. The number of methoxy groups -OCH3 is 1. The highest BCUT2D eigenvalue weighted by Gasteiger charge is 2.33. The summed E-state index contributed by atoms with van der Waals surface area (Å²) in [5.41, 5.74) is 4.48. The first kappa shape index (κ1) is 20.2. The molecule has 1 N–H and O–H groups in total. The predicted molar refractivity (Wildman–Crippen MR) is 120 cm³/mol. The van der Waals surface area contributed by atoms with Crippen molar-refractivity contribution in [3.8, 4) is 11.5 Å². The van der Waals surface area contributed by atoms with Crippen molar-refractivity contribution >= 4 is 46.0 Å². The van der Waals surface area contributed by atoms with Crippen LogP contribution in [0.3, 0.4) is 0 Å². The van der Waals surface area contributed by atoms with Crippen molar-refractivity contribution in [3.05, 3.63) is 70.1 Å². The smallest absolute Gasteiger partial charge is 0.270 e. The van der Waals surface area contributed by atoms with E-state index in [0.717, 1.165) is 22.4 Å². The second kappa shape index (κ2) is 8.20. The van der Waals surface area contributed by atoms with E-state index in [1.165, 1.54) is 18.9 Å². The standard InChI is InChI=1S/C22H21NO3S2/c1-5-6-16-10-15(11-18(26-4)20(16)24)12-19-21(25)23(22(27)28-19)17-8-7-13(2)14(3)9-17/h5,7-12,24H,1,6H2,2-4H3/b19-12-. The first-order chi connectivity index (χ1) is 13.3. The monoisotopic (exact) mass is 411 g/mol. The zero-order valence-electron chi connectivity index (χ0n) is 16.0. The van der Waals surface area contributed by atoms with Crippen molar-refractivity contribution in [1.82, 2.24) is 0 Å². The first-order valence-electron chi connectivity index (χ1n) is 8.71. The second-order valence-corrected chi connectivity index (χ2v) is 8.19. The third kappa shape index (κ3) is 3.84. The normalized spacial score (nSPS) is 15.4. The number of rotatable bonds is 5. The summed E-state index contributed by atoms with van der Waals surface area (Å²) in [7, 11) is 1.50. The number of aromatic hydroxyl groups is 1. The summed E-state index contributed by atoms with van der Waals surface area (Å²) in [6.07, 6.45) is 3.97. The molecule has 1 aliphatic heterocycles. The third-order valence-corrected chi connectivity index (χ3v) is 5.90. The summed E-state index contributed by atoms with van der Waals surface area (Å²) >= 11 is 6.72. The van der Waals surface area contributed by atoms with Crippen LogP contribution in [0.5, 0.6) is 11.5 Å².